The Bertz CT molecular complexity index is 585. The van der Waals surface area contributed by atoms with Crippen molar-refractivity contribution in [2.75, 3.05) is 0 Å². The zero-order valence-corrected chi connectivity index (χ0v) is 13.3. The largest absolute Gasteiger partial charge is 0.269 e. The van der Waals surface area contributed by atoms with Crippen molar-refractivity contribution in [3.8, 4) is 0 Å². The van der Waals surface area contributed by atoms with E-state index in [4.69, 9.17) is 11.6 Å². The van der Waals surface area contributed by atoms with Gasteiger partial charge in [-0.3, -0.25) is 9.36 Å². The van der Waals surface area contributed by atoms with Crippen molar-refractivity contribution in [2.24, 2.45) is 7.05 Å². The van der Waals surface area contributed by atoms with Gasteiger partial charge in [0.2, 0.25) is 0 Å². The Hall–Kier alpha value is -0.810. The Morgan fingerprint density at radius 1 is 1.17 bits per heavy atom. The summed E-state index contributed by atoms with van der Waals surface area (Å²) in [4.78, 5) is 0. The monoisotopic (exact) mass is 330 g/mol. The smallest absolute Gasteiger partial charge is 0.0842 e. The van der Waals surface area contributed by atoms with E-state index in [1.54, 1.807) is 0 Å². The molecule has 0 saturated carbocycles. The number of halogens is 2. The van der Waals surface area contributed by atoms with Crippen LogP contribution in [0.5, 0.6) is 0 Å². The highest BCUT2D eigenvalue weighted by Gasteiger charge is 2.15. The highest BCUT2D eigenvalue weighted by molar-refractivity contribution is 9.10. The van der Waals surface area contributed by atoms with Gasteiger partial charge in [0, 0.05) is 18.3 Å². The zero-order valence-electron chi connectivity index (χ0n) is 11.0. The molecule has 0 unspecified atom stereocenters. The van der Waals surface area contributed by atoms with Crippen molar-refractivity contribution in [3.63, 3.8) is 0 Å². The Kier molecular flexibility index (Phi) is 3.82. The minimum Gasteiger partial charge on any atom is -0.269 e. The minimum atomic E-state index is 0.503. The summed E-state index contributed by atoms with van der Waals surface area (Å²) in [5, 5.41) is 8.93. The SMILES string of the molecule is Cc1nn(C)c(Cn2nc(C)c(CCl)c2C)c1Br. The van der Waals surface area contributed by atoms with Gasteiger partial charge in [-0.15, -0.1) is 11.6 Å². The predicted molar refractivity (Wildman–Crippen MR) is 76.0 cm³/mol. The fraction of sp³-hybridized carbons (Fsp3) is 0.500. The van der Waals surface area contributed by atoms with E-state index in [-0.39, 0.29) is 0 Å². The van der Waals surface area contributed by atoms with Crippen LogP contribution in [-0.4, -0.2) is 19.6 Å². The third kappa shape index (κ3) is 2.21. The van der Waals surface area contributed by atoms with E-state index in [2.05, 4.69) is 33.1 Å². The lowest BCUT2D eigenvalue weighted by atomic mass is 10.2. The van der Waals surface area contributed by atoms with Gasteiger partial charge >= 0.3 is 0 Å². The first-order chi connectivity index (χ1) is 8.45. The molecule has 98 valence electrons. The summed E-state index contributed by atoms with van der Waals surface area (Å²) >= 11 is 9.52. The number of aryl methyl sites for hydroxylation is 3. The van der Waals surface area contributed by atoms with Crippen molar-refractivity contribution < 1.29 is 0 Å². The average Bonchev–Trinajstić information content (AvgIpc) is 2.71. The molecule has 0 aliphatic carbocycles. The highest BCUT2D eigenvalue weighted by atomic mass is 79.9. The summed E-state index contributed by atoms with van der Waals surface area (Å²) in [5.74, 6) is 0.503. The van der Waals surface area contributed by atoms with Crippen LogP contribution >= 0.6 is 27.5 Å². The van der Waals surface area contributed by atoms with Crippen molar-refractivity contribution in [3.05, 3.63) is 32.8 Å². The fourth-order valence-corrected chi connectivity index (χ4v) is 2.92. The van der Waals surface area contributed by atoms with Crippen molar-refractivity contribution >= 4 is 27.5 Å². The molecule has 4 nitrogen and oxygen atoms in total. The second kappa shape index (κ2) is 5.05. The second-order valence-corrected chi connectivity index (χ2v) is 5.47. The van der Waals surface area contributed by atoms with Gasteiger partial charge in [-0.05, 0) is 36.7 Å². The Labute approximate surface area is 120 Å². The maximum absolute atomic E-state index is 5.94. The highest BCUT2D eigenvalue weighted by Crippen LogP contribution is 2.23. The van der Waals surface area contributed by atoms with Gasteiger partial charge in [0.1, 0.15) is 0 Å². The van der Waals surface area contributed by atoms with Gasteiger partial charge in [0.15, 0.2) is 0 Å². The molecule has 0 spiro atoms. The lowest BCUT2D eigenvalue weighted by molar-refractivity contribution is 0.601. The molecule has 18 heavy (non-hydrogen) atoms. The van der Waals surface area contributed by atoms with Crippen LogP contribution in [0.2, 0.25) is 0 Å². The molecule has 0 radical (unpaired) electrons. The first-order valence-corrected chi connectivity index (χ1v) is 7.05. The van der Waals surface area contributed by atoms with Crippen LogP contribution in [0.3, 0.4) is 0 Å². The van der Waals surface area contributed by atoms with Crippen LogP contribution in [0.4, 0.5) is 0 Å². The summed E-state index contributed by atoms with van der Waals surface area (Å²) < 4.78 is 4.91. The molecule has 6 heteroatoms. The summed E-state index contributed by atoms with van der Waals surface area (Å²) in [6.45, 7) is 6.72. The van der Waals surface area contributed by atoms with E-state index in [9.17, 15) is 0 Å². The van der Waals surface area contributed by atoms with Crippen molar-refractivity contribution in [2.45, 2.75) is 33.2 Å². The summed E-state index contributed by atoms with van der Waals surface area (Å²) in [6.07, 6.45) is 0. The summed E-state index contributed by atoms with van der Waals surface area (Å²) in [7, 11) is 1.95. The zero-order chi connectivity index (χ0) is 13.4. The van der Waals surface area contributed by atoms with Gasteiger partial charge in [-0.1, -0.05) is 0 Å². The van der Waals surface area contributed by atoms with Crippen LogP contribution < -0.4 is 0 Å². The van der Waals surface area contributed by atoms with Crippen LogP contribution in [0.15, 0.2) is 4.47 Å². The van der Waals surface area contributed by atoms with E-state index < -0.39 is 0 Å². The molecule has 0 amide bonds. The van der Waals surface area contributed by atoms with Gasteiger partial charge in [0.05, 0.1) is 34.0 Å². The summed E-state index contributed by atoms with van der Waals surface area (Å²) in [6, 6.07) is 0. The minimum absolute atomic E-state index is 0.503. The first kappa shape index (κ1) is 13.6. The second-order valence-electron chi connectivity index (χ2n) is 4.41. The molecular formula is C12H16BrClN4. The molecule has 0 fully saturated rings. The number of aromatic nitrogens is 4. The molecule has 2 rings (SSSR count). The van der Waals surface area contributed by atoms with Crippen LogP contribution in [0.25, 0.3) is 0 Å². The molecule has 2 aromatic rings. The topological polar surface area (TPSA) is 35.6 Å². The van der Waals surface area contributed by atoms with E-state index in [1.165, 1.54) is 0 Å². The Morgan fingerprint density at radius 2 is 1.83 bits per heavy atom. The number of nitrogens with zero attached hydrogens (tertiary/aromatic N) is 4. The normalized spacial score (nSPS) is 11.2. The van der Waals surface area contributed by atoms with Gasteiger partial charge < -0.3 is 0 Å². The van der Waals surface area contributed by atoms with Crippen molar-refractivity contribution in [1.82, 2.24) is 19.6 Å². The molecule has 2 heterocycles. The molecule has 0 aliphatic rings. The molecule has 2 aromatic heterocycles. The lowest BCUT2D eigenvalue weighted by Gasteiger charge is -2.06. The van der Waals surface area contributed by atoms with E-state index in [0.29, 0.717) is 12.4 Å². The standard InChI is InChI=1S/C12H16BrClN4/c1-7-10(5-14)9(3)18(16-7)6-11-12(13)8(2)15-17(11)4/h5-6H2,1-4H3. The van der Waals surface area contributed by atoms with Crippen LogP contribution in [-0.2, 0) is 19.5 Å². The van der Waals surface area contributed by atoms with Crippen molar-refractivity contribution in [1.29, 1.82) is 0 Å². The van der Waals surface area contributed by atoms with E-state index in [0.717, 1.165) is 32.8 Å². The molecule has 0 N–H and O–H groups in total. The maximum atomic E-state index is 5.94. The maximum Gasteiger partial charge on any atom is 0.0842 e. The molecular weight excluding hydrogens is 316 g/mol. The number of rotatable bonds is 3. The third-order valence-electron chi connectivity index (χ3n) is 3.23. The first-order valence-electron chi connectivity index (χ1n) is 5.72. The Balaban J connectivity index is 2.40. The number of hydrogen-bond donors (Lipinski definition) is 0. The van der Waals surface area contributed by atoms with Gasteiger partial charge in [-0.2, -0.15) is 10.2 Å². The molecule has 0 aliphatic heterocycles. The van der Waals surface area contributed by atoms with Crippen LogP contribution in [0, 0.1) is 20.8 Å². The van der Waals surface area contributed by atoms with Gasteiger partial charge in [-0.25, -0.2) is 0 Å². The van der Waals surface area contributed by atoms with E-state index in [1.807, 2.05) is 30.3 Å². The molecule has 0 bridgehead atoms. The number of alkyl halides is 1. The molecule has 0 saturated heterocycles. The molecule has 0 atom stereocenters. The van der Waals surface area contributed by atoms with E-state index >= 15 is 0 Å². The fourth-order valence-electron chi connectivity index (χ4n) is 2.08. The Morgan fingerprint density at radius 3 is 2.28 bits per heavy atom. The molecule has 0 aromatic carbocycles. The summed E-state index contributed by atoms with van der Waals surface area (Å²) in [5.41, 5.74) is 5.34. The lowest BCUT2D eigenvalue weighted by Crippen LogP contribution is -2.09. The predicted octanol–water partition coefficient (Wildman–Crippen LogP) is 3.09. The third-order valence-corrected chi connectivity index (χ3v) is 4.52. The van der Waals surface area contributed by atoms with Crippen LogP contribution in [0.1, 0.15) is 28.3 Å². The average molecular weight is 332 g/mol. The number of hydrogen-bond acceptors (Lipinski definition) is 2. The van der Waals surface area contributed by atoms with Gasteiger partial charge in [0.25, 0.3) is 0 Å². The quantitative estimate of drug-likeness (QED) is 0.810.